The standard InChI is InChI=1S/C9H18Cl3N2O3P/c10-2-5-13(6-3-11)18(16)14(7-4-12)9(15)1-8-17-18/h9,15H,1-8H2. The highest BCUT2D eigenvalue weighted by molar-refractivity contribution is 7.54. The van der Waals surface area contributed by atoms with E-state index in [1.165, 1.54) is 4.67 Å². The van der Waals surface area contributed by atoms with Gasteiger partial charge in [-0.2, -0.15) is 4.67 Å². The van der Waals surface area contributed by atoms with Crippen molar-refractivity contribution in [3.05, 3.63) is 0 Å². The number of nitrogens with zero attached hydrogens (tertiary/aromatic N) is 2. The summed E-state index contributed by atoms with van der Waals surface area (Å²) in [5.41, 5.74) is 0. The van der Waals surface area contributed by atoms with Crippen molar-refractivity contribution in [1.82, 2.24) is 9.34 Å². The molecular formula is C9H18Cl3N2O3P. The molecule has 1 fully saturated rings. The fraction of sp³-hybridized carbons (Fsp3) is 1.00. The number of hydrogen-bond acceptors (Lipinski definition) is 3. The molecule has 1 heterocycles. The number of hydrogen-bond donors (Lipinski definition) is 1. The van der Waals surface area contributed by atoms with E-state index in [0.29, 0.717) is 37.8 Å². The zero-order valence-corrected chi connectivity index (χ0v) is 13.1. The predicted octanol–water partition coefficient (Wildman–Crippen LogP) is 2.15. The van der Waals surface area contributed by atoms with E-state index < -0.39 is 13.9 Å². The third-order valence-electron chi connectivity index (χ3n) is 2.66. The fourth-order valence-electron chi connectivity index (χ4n) is 1.83. The summed E-state index contributed by atoms with van der Waals surface area (Å²) >= 11 is 17.1. The molecule has 0 bridgehead atoms. The van der Waals surface area contributed by atoms with Gasteiger partial charge in [0.2, 0.25) is 0 Å². The minimum absolute atomic E-state index is 0.248. The Hall–Kier alpha value is 0.940. The van der Waals surface area contributed by atoms with E-state index in [1.54, 1.807) is 4.67 Å². The second-order valence-corrected chi connectivity index (χ2v) is 7.23. The van der Waals surface area contributed by atoms with E-state index in [2.05, 4.69) is 0 Å². The average Bonchev–Trinajstić information content (AvgIpc) is 2.34. The Balaban J connectivity index is 2.91. The summed E-state index contributed by atoms with van der Waals surface area (Å²) in [6, 6.07) is 0. The maximum Gasteiger partial charge on any atom is 0.348 e. The van der Waals surface area contributed by atoms with Gasteiger partial charge in [0.1, 0.15) is 6.23 Å². The lowest BCUT2D eigenvalue weighted by atomic mass is 10.4. The van der Waals surface area contributed by atoms with Crippen LogP contribution in [0.5, 0.6) is 0 Å². The molecule has 0 spiro atoms. The Bertz CT molecular complexity index is 292. The third-order valence-corrected chi connectivity index (χ3v) is 5.92. The first-order valence-electron chi connectivity index (χ1n) is 5.73. The maximum atomic E-state index is 12.9. The normalized spacial score (nSPS) is 29.9. The van der Waals surface area contributed by atoms with Crippen molar-refractivity contribution >= 4 is 42.5 Å². The lowest BCUT2D eigenvalue weighted by Gasteiger charge is -2.42. The molecule has 1 aliphatic heterocycles. The average molecular weight is 340 g/mol. The van der Waals surface area contributed by atoms with Gasteiger partial charge in [0.05, 0.1) is 6.61 Å². The molecule has 1 aliphatic rings. The van der Waals surface area contributed by atoms with Gasteiger partial charge in [0, 0.05) is 43.7 Å². The van der Waals surface area contributed by atoms with E-state index in [-0.39, 0.29) is 12.5 Å². The van der Waals surface area contributed by atoms with Gasteiger partial charge in [-0.15, -0.1) is 34.8 Å². The summed E-state index contributed by atoms with van der Waals surface area (Å²) < 4.78 is 21.4. The van der Waals surface area contributed by atoms with E-state index in [9.17, 15) is 9.67 Å². The monoisotopic (exact) mass is 338 g/mol. The number of aliphatic hydroxyl groups excluding tert-OH is 1. The molecule has 0 aromatic carbocycles. The highest BCUT2D eigenvalue weighted by atomic mass is 35.5. The van der Waals surface area contributed by atoms with Crippen molar-refractivity contribution in [3.8, 4) is 0 Å². The van der Waals surface area contributed by atoms with E-state index in [1.807, 2.05) is 0 Å². The van der Waals surface area contributed by atoms with Gasteiger partial charge >= 0.3 is 7.67 Å². The van der Waals surface area contributed by atoms with Crippen LogP contribution < -0.4 is 0 Å². The Morgan fingerprint density at radius 3 is 2.39 bits per heavy atom. The van der Waals surface area contributed by atoms with Gasteiger partial charge in [-0.3, -0.25) is 4.57 Å². The molecule has 0 radical (unpaired) electrons. The summed E-state index contributed by atoms with van der Waals surface area (Å²) in [5.74, 6) is 0.893. The van der Waals surface area contributed by atoms with Crippen molar-refractivity contribution in [2.75, 3.05) is 43.9 Å². The van der Waals surface area contributed by atoms with Crippen LogP contribution >= 0.6 is 42.5 Å². The van der Waals surface area contributed by atoms with Crippen molar-refractivity contribution in [3.63, 3.8) is 0 Å². The van der Waals surface area contributed by atoms with Gasteiger partial charge in [-0.1, -0.05) is 0 Å². The molecule has 0 amide bonds. The summed E-state index contributed by atoms with van der Waals surface area (Å²) in [4.78, 5) is 0. The van der Waals surface area contributed by atoms with E-state index in [0.717, 1.165) is 0 Å². The molecule has 0 saturated carbocycles. The maximum absolute atomic E-state index is 12.9. The zero-order chi connectivity index (χ0) is 13.6. The van der Waals surface area contributed by atoms with Gasteiger partial charge in [-0.25, -0.2) is 4.67 Å². The van der Waals surface area contributed by atoms with Gasteiger partial charge in [0.15, 0.2) is 0 Å². The molecule has 108 valence electrons. The molecular weight excluding hydrogens is 321 g/mol. The van der Waals surface area contributed by atoms with Crippen LogP contribution in [-0.2, 0) is 9.09 Å². The molecule has 2 atom stereocenters. The second-order valence-electron chi connectivity index (χ2n) is 3.78. The van der Waals surface area contributed by atoms with Gasteiger partial charge in [0.25, 0.3) is 0 Å². The molecule has 0 aromatic rings. The molecule has 0 aromatic heterocycles. The first-order chi connectivity index (χ1) is 8.60. The van der Waals surface area contributed by atoms with Crippen LogP contribution in [0.1, 0.15) is 6.42 Å². The van der Waals surface area contributed by atoms with Crippen molar-refractivity contribution in [2.24, 2.45) is 0 Å². The van der Waals surface area contributed by atoms with Crippen LogP contribution in [0, 0.1) is 0 Å². The molecule has 2 unspecified atom stereocenters. The third kappa shape index (κ3) is 3.97. The number of halogens is 3. The topological polar surface area (TPSA) is 53.0 Å². The van der Waals surface area contributed by atoms with Crippen molar-refractivity contribution < 1.29 is 14.2 Å². The van der Waals surface area contributed by atoms with E-state index >= 15 is 0 Å². The predicted molar refractivity (Wildman–Crippen MR) is 74.6 cm³/mol. The summed E-state index contributed by atoms with van der Waals surface area (Å²) in [5, 5.41) is 9.94. The van der Waals surface area contributed by atoms with Gasteiger partial charge in [-0.05, 0) is 0 Å². The molecule has 9 heteroatoms. The minimum atomic E-state index is -3.28. The second kappa shape index (κ2) is 8.28. The van der Waals surface area contributed by atoms with Crippen molar-refractivity contribution in [2.45, 2.75) is 12.6 Å². The number of aliphatic hydroxyl groups is 1. The molecule has 5 nitrogen and oxygen atoms in total. The van der Waals surface area contributed by atoms with Gasteiger partial charge < -0.3 is 9.63 Å². The Kier molecular flexibility index (Phi) is 7.81. The number of alkyl halides is 3. The quantitative estimate of drug-likeness (QED) is 0.569. The molecule has 1 saturated heterocycles. The fourth-order valence-corrected chi connectivity index (χ4v) is 5.27. The Morgan fingerprint density at radius 2 is 1.89 bits per heavy atom. The lowest BCUT2D eigenvalue weighted by Crippen LogP contribution is -2.45. The smallest absolute Gasteiger partial charge is 0.348 e. The van der Waals surface area contributed by atoms with Crippen LogP contribution in [0.15, 0.2) is 0 Å². The Morgan fingerprint density at radius 1 is 1.28 bits per heavy atom. The highest BCUT2D eigenvalue weighted by Gasteiger charge is 2.44. The van der Waals surface area contributed by atoms with Crippen LogP contribution in [-0.4, -0.2) is 64.6 Å². The molecule has 1 N–H and O–H groups in total. The lowest BCUT2D eigenvalue weighted by molar-refractivity contribution is -0.00102. The minimum Gasteiger partial charge on any atom is -0.378 e. The van der Waals surface area contributed by atoms with Crippen LogP contribution in [0.4, 0.5) is 0 Å². The van der Waals surface area contributed by atoms with Crippen LogP contribution in [0.3, 0.4) is 0 Å². The molecule has 1 rings (SSSR count). The first-order valence-corrected chi connectivity index (χ1v) is 8.86. The largest absolute Gasteiger partial charge is 0.378 e. The van der Waals surface area contributed by atoms with Crippen LogP contribution in [0.2, 0.25) is 0 Å². The molecule has 0 aliphatic carbocycles. The Labute approximate surface area is 122 Å². The SMILES string of the molecule is O=P1(N(CCCl)CCCl)OCCC(O)N1CCCl. The summed E-state index contributed by atoms with van der Waals surface area (Å²) in [6.45, 7) is 1.31. The highest BCUT2D eigenvalue weighted by Crippen LogP contribution is 2.57. The zero-order valence-electron chi connectivity index (χ0n) is 9.97. The summed E-state index contributed by atoms with van der Waals surface area (Å²) in [7, 11) is -3.28. The first kappa shape index (κ1) is 17.0. The van der Waals surface area contributed by atoms with E-state index in [4.69, 9.17) is 39.3 Å². The number of rotatable bonds is 7. The van der Waals surface area contributed by atoms with Crippen LogP contribution in [0.25, 0.3) is 0 Å². The van der Waals surface area contributed by atoms with Crippen molar-refractivity contribution in [1.29, 1.82) is 0 Å². The molecule has 18 heavy (non-hydrogen) atoms. The summed E-state index contributed by atoms with van der Waals surface area (Å²) in [6.07, 6.45) is -0.396.